The molecule has 0 spiro atoms. The molecule has 2 aliphatic rings. The molecule has 6 nitrogen and oxygen atoms in total. The topological polar surface area (TPSA) is 83.6 Å². The van der Waals surface area contributed by atoms with E-state index < -0.39 is 23.8 Å². The molecule has 6 heteroatoms. The highest BCUT2D eigenvalue weighted by Crippen LogP contribution is 2.28. The van der Waals surface area contributed by atoms with Crippen LogP contribution in [0.2, 0.25) is 0 Å². The van der Waals surface area contributed by atoms with Crippen molar-refractivity contribution in [2.24, 2.45) is 0 Å². The van der Waals surface area contributed by atoms with Crippen LogP contribution in [0.25, 0.3) is 0 Å². The second-order valence-electron chi connectivity index (χ2n) is 5.58. The summed E-state index contributed by atoms with van der Waals surface area (Å²) in [6.07, 6.45) is 2.08. The summed E-state index contributed by atoms with van der Waals surface area (Å²) in [7, 11) is 0. The molecule has 1 atom stereocenters. The lowest BCUT2D eigenvalue weighted by molar-refractivity contribution is -0.136. The molecule has 2 aliphatic heterocycles. The van der Waals surface area contributed by atoms with Gasteiger partial charge in [0.05, 0.1) is 11.1 Å². The number of benzene rings is 1. The van der Waals surface area contributed by atoms with Gasteiger partial charge in [-0.15, -0.1) is 0 Å². The Labute approximate surface area is 141 Å². The number of nitrogens with one attached hydrogen (secondary N) is 1. The van der Waals surface area contributed by atoms with Gasteiger partial charge >= 0.3 is 0 Å². The summed E-state index contributed by atoms with van der Waals surface area (Å²) in [5, 5.41) is 2.18. The normalized spacial score (nSPS) is 19.6. The summed E-state index contributed by atoms with van der Waals surface area (Å²) in [4.78, 5) is 49.1. The molecule has 0 bridgehead atoms. The van der Waals surface area contributed by atoms with E-state index in [9.17, 15) is 19.2 Å². The minimum absolute atomic E-state index is 0.130. The number of imide groups is 2. The molecule has 2 heterocycles. The number of nitrogens with zero attached hydrogens (tertiary/aromatic N) is 1. The molecule has 0 aliphatic carbocycles. The zero-order valence-electron chi connectivity index (χ0n) is 14.2. The number of carbonyl (C=O) groups excluding carboxylic acids is 4. The van der Waals surface area contributed by atoms with Crippen molar-refractivity contribution in [3.63, 3.8) is 0 Å². The van der Waals surface area contributed by atoms with Crippen LogP contribution in [0.3, 0.4) is 0 Å². The predicted octanol–water partition coefficient (Wildman–Crippen LogP) is 2.07. The summed E-state index contributed by atoms with van der Waals surface area (Å²) in [5.41, 5.74) is 1.67. The van der Waals surface area contributed by atoms with E-state index in [0.717, 1.165) is 23.3 Å². The Morgan fingerprint density at radius 2 is 1.75 bits per heavy atom. The summed E-state index contributed by atoms with van der Waals surface area (Å²) in [6, 6.07) is 4.30. The minimum Gasteiger partial charge on any atom is -0.295 e. The number of aryl methyl sites for hydroxylation is 1. The number of carbonyl (C=O) groups is 4. The van der Waals surface area contributed by atoms with Gasteiger partial charge in [0.25, 0.3) is 11.8 Å². The summed E-state index contributed by atoms with van der Waals surface area (Å²) in [6.45, 7) is 6.04. The molecule has 1 aromatic rings. The maximum atomic E-state index is 12.5. The third-order valence-corrected chi connectivity index (χ3v) is 4.04. The second kappa shape index (κ2) is 7.38. The van der Waals surface area contributed by atoms with E-state index in [1.165, 1.54) is 0 Å². The average Bonchev–Trinajstić information content (AvgIpc) is 2.81. The molecular weight excluding hydrogens is 308 g/mol. The molecule has 1 saturated heterocycles. The third-order valence-electron chi connectivity index (χ3n) is 4.04. The lowest BCUT2D eigenvalue weighted by Gasteiger charge is -2.27. The molecule has 3 rings (SSSR count). The molecule has 4 amide bonds. The Kier molecular flexibility index (Phi) is 5.49. The van der Waals surface area contributed by atoms with Crippen molar-refractivity contribution < 1.29 is 19.2 Å². The fourth-order valence-electron chi connectivity index (χ4n) is 2.96. The average molecular weight is 330 g/mol. The van der Waals surface area contributed by atoms with Crippen molar-refractivity contribution in [1.82, 2.24) is 10.2 Å². The van der Waals surface area contributed by atoms with Crippen molar-refractivity contribution in [1.29, 1.82) is 0 Å². The molecule has 128 valence electrons. The van der Waals surface area contributed by atoms with Crippen LogP contribution in [0.5, 0.6) is 0 Å². The fourth-order valence-corrected chi connectivity index (χ4v) is 2.96. The van der Waals surface area contributed by atoms with Gasteiger partial charge in [0.2, 0.25) is 11.8 Å². The van der Waals surface area contributed by atoms with Gasteiger partial charge in [-0.05, 0) is 30.5 Å². The quantitative estimate of drug-likeness (QED) is 0.860. The van der Waals surface area contributed by atoms with Gasteiger partial charge in [-0.2, -0.15) is 0 Å². The summed E-state index contributed by atoms with van der Waals surface area (Å²) < 4.78 is 0. The van der Waals surface area contributed by atoms with Crippen molar-refractivity contribution in [2.75, 3.05) is 0 Å². The zero-order valence-corrected chi connectivity index (χ0v) is 14.2. The van der Waals surface area contributed by atoms with Gasteiger partial charge in [0.1, 0.15) is 6.04 Å². The molecular formula is C18H22N2O4. The largest absolute Gasteiger partial charge is 0.295 e. The first-order valence-electron chi connectivity index (χ1n) is 8.37. The number of piperidine rings is 1. The first-order valence-corrected chi connectivity index (χ1v) is 8.37. The van der Waals surface area contributed by atoms with Gasteiger partial charge in [0, 0.05) is 6.42 Å². The zero-order chi connectivity index (χ0) is 17.9. The Morgan fingerprint density at radius 1 is 1.08 bits per heavy atom. The highest BCUT2D eigenvalue weighted by atomic mass is 16.2. The van der Waals surface area contributed by atoms with E-state index in [1.807, 2.05) is 26.8 Å². The van der Waals surface area contributed by atoms with E-state index in [1.54, 1.807) is 12.1 Å². The van der Waals surface area contributed by atoms with Crippen LogP contribution in [0.15, 0.2) is 18.2 Å². The van der Waals surface area contributed by atoms with Crippen molar-refractivity contribution >= 4 is 23.6 Å². The SMILES string of the molecule is CC.CCCc1ccc2c(c1)C(=O)N(C1CCC(=O)NC1=O)C2=O. The molecule has 1 N–H and O–H groups in total. The summed E-state index contributed by atoms with van der Waals surface area (Å²) in [5.74, 6) is -1.87. The van der Waals surface area contributed by atoms with E-state index in [-0.39, 0.29) is 18.7 Å². The molecule has 1 unspecified atom stereocenters. The van der Waals surface area contributed by atoms with Crippen LogP contribution in [0.4, 0.5) is 0 Å². The molecule has 1 fully saturated rings. The maximum absolute atomic E-state index is 12.5. The van der Waals surface area contributed by atoms with Crippen molar-refractivity contribution in [2.45, 2.75) is 52.5 Å². The van der Waals surface area contributed by atoms with Gasteiger partial charge < -0.3 is 0 Å². The highest BCUT2D eigenvalue weighted by Gasteiger charge is 2.44. The molecule has 0 saturated carbocycles. The Bertz CT molecular complexity index is 696. The smallest absolute Gasteiger partial charge is 0.262 e. The van der Waals surface area contributed by atoms with Gasteiger partial charge in [-0.1, -0.05) is 33.3 Å². The number of rotatable bonds is 3. The standard InChI is InChI=1S/C16H16N2O4.C2H6/c1-2-3-9-4-5-10-11(8-9)16(22)18(15(10)21)12-6-7-13(19)17-14(12)20;1-2/h4-5,8,12H,2-3,6-7H2,1H3,(H,17,19,20);1-2H3. The third kappa shape index (κ3) is 3.09. The number of hydrogen-bond donors (Lipinski definition) is 1. The Balaban J connectivity index is 0.00000100. The monoisotopic (exact) mass is 330 g/mol. The van der Waals surface area contributed by atoms with E-state index in [4.69, 9.17) is 0 Å². The van der Waals surface area contributed by atoms with Crippen LogP contribution in [0.1, 0.15) is 66.3 Å². The van der Waals surface area contributed by atoms with E-state index >= 15 is 0 Å². The van der Waals surface area contributed by atoms with Crippen LogP contribution in [-0.2, 0) is 16.0 Å². The van der Waals surface area contributed by atoms with E-state index in [2.05, 4.69) is 5.32 Å². The first kappa shape index (κ1) is 17.8. The Hall–Kier alpha value is -2.50. The fraction of sp³-hybridized carbons (Fsp3) is 0.444. The van der Waals surface area contributed by atoms with Crippen molar-refractivity contribution in [3.05, 3.63) is 34.9 Å². The number of amides is 4. The van der Waals surface area contributed by atoms with Crippen LogP contribution < -0.4 is 5.32 Å². The highest BCUT2D eigenvalue weighted by molar-refractivity contribution is 6.23. The second-order valence-corrected chi connectivity index (χ2v) is 5.58. The minimum atomic E-state index is -0.903. The van der Waals surface area contributed by atoms with Gasteiger partial charge in [-0.3, -0.25) is 29.4 Å². The van der Waals surface area contributed by atoms with Gasteiger partial charge in [0.15, 0.2) is 0 Å². The molecule has 0 aromatic heterocycles. The van der Waals surface area contributed by atoms with Crippen LogP contribution in [-0.4, -0.2) is 34.6 Å². The predicted molar refractivity (Wildman–Crippen MR) is 88.5 cm³/mol. The van der Waals surface area contributed by atoms with E-state index in [0.29, 0.717) is 11.1 Å². The maximum Gasteiger partial charge on any atom is 0.262 e. The van der Waals surface area contributed by atoms with Gasteiger partial charge in [-0.25, -0.2) is 0 Å². The lowest BCUT2D eigenvalue weighted by Crippen LogP contribution is -2.54. The number of hydrogen-bond acceptors (Lipinski definition) is 4. The molecule has 1 aromatic carbocycles. The molecule has 24 heavy (non-hydrogen) atoms. The van der Waals surface area contributed by atoms with Crippen LogP contribution in [0, 0.1) is 0 Å². The Morgan fingerprint density at radius 3 is 2.38 bits per heavy atom. The summed E-state index contributed by atoms with van der Waals surface area (Å²) >= 11 is 0. The lowest BCUT2D eigenvalue weighted by atomic mass is 10.0. The van der Waals surface area contributed by atoms with Crippen LogP contribution >= 0.6 is 0 Å². The number of fused-ring (bicyclic) bond motifs is 1. The first-order chi connectivity index (χ1) is 11.5. The van der Waals surface area contributed by atoms with Crippen molar-refractivity contribution in [3.8, 4) is 0 Å². The molecule has 0 radical (unpaired) electrons.